The van der Waals surface area contributed by atoms with Crippen molar-refractivity contribution >= 4 is 0 Å². The van der Waals surface area contributed by atoms with Crippen LogP contribution in [0.1, 0.15) is 38.4 Å². The third kappa shape index (κ3) is 2.53. The number of nitrogens with one attached hydrogen (secondary N) is 1. The van der Waals surface area contributed by atoms with E-state index in [0.29, 0.717) is 6.04 Å². The van der Waals surface area contributed by atoms with Gasteiger partial charge in [-0.3, -0.25) is 4.98 Å². The standard InChI is InChI=1S/C12H17FN2/c1-3-10(15-12-6-8(12)2)11-5-4-9(13)7-14-11/h4-5,7-8,10,12,15H,3,6H2,1-2H3. The lowest BCUT2D eigenvalue weighted by molar-refractivity contribution is 0.489. The molecule has 0 amide bonds. The van der Waals surface area contributed by atoms with E-state index in [1.165, 1.54) is 18.7 Å². The van der Waals surface area contributed by atoms with Gasteiger partial charge in [0.25, 0.3) is 0 Å². The summed E-state index contributed by atoms with van der Waals surface area (Å²) in [6.07, 6.45) is 3.52. The third-order valence-corrected chi connectivity index (χ3v) is 3.04. The van der Waals surface area contributed by atoms with Crippen LogP contribution < -0.4 is 5.32 Å². The van der Waals surface area contributed by atoms with Gasteiger partial charge in [-0.1, -0.05) is 13.8 Å². The van der Waals surface area contributed by atoms with Crippen LogP contribution in [0.4, 0.5) is 4.39 Å². The zero-order chi connectivity index (χ0) is 10.8. The van der Waals surface area contributed by atoms with Crippen LogP contribution in [-0.4, -0.2) is 11.0 Å². The molecule has 0 radical (unpaired) electrons. The summed E-state index contributed by atoms with van der Waals surface area (Å²) in [6, 6.07) is 4.13. The molecule has 1 aliphatic carbocycles. The summed E-state index contributed by atoms with van der Waals surface area (Å²) in [5.74, 6) is 0.507. The average molecular weight is 208 g/mol. The van der Waals surface area contributed by atoms with Crippen LogP contribution in [0, 0.1) is 11.7 Å². The Balaban J connectivity index is 2.02. The summed E-state index contributed by atoms with van der Waals surface area (Å²) in [5, 5.41) is 3.54. The monoisotopic (exact) mass is 208 g/mol. The van der Waals surface area contributed by atoms with Crippen LogP contribution in [0.5, 0.6) is 0 Å². The zero-order valence-electron chi connectivity index (χ0n) is 9.20. The minimum Gasteiger partial charge on any atom is -0.306 e. The first kappa shape index (κ1) is 10.6. The fourth-order valence-electron chi connectivity index (χ4n) is 1.82. The van der Waals surface area contributed by atoms with E-state index in [-0.39, 0.29) is 11.9 Å². The summed E-state index contributed by atoms with van der Waals surface area (Å²) in [4.78, 5) is 4.12. The Bertz CT molecular complexity index is 323. The van der Waals surface area contributed by atoms with Crippen LogP contribution in [0.25, 0.3) is 0 Å². The Morgan fingerprint density at radius 3 is 2.80 bits per heavy atom. The molecule has 1 saturated carbocycles. The minimum atomic E-state index is -0.270. The van der Waals surface area contributed by atoms with E-state index in [1.54, 1.807) is 6.07 Å². The Morgan fingerprint density at radius 1 is 1.60 bits per heavy atom. The van der Waals surface area contributed by atoms with Gasteiger partial charge < -0.3 is 5.32 Å². The molecule has 82 valence electrons. The van der Waals surface area contributed by atoms with E-state index in [2.05, 4.69) is 24.1 Å². The lowest BCUT2D eigenvalue weighted by Crippen LogP contribution is -2.24. The quantitative estimate of drug-likeness (QED) is 0.822. The van der Waals surface area contributed by atoms with Crippen molar-refractivity contribution in [2.45, 2.75) is 38.8 Å². The van der Waals surface area contributed by atoms with Crippen LogP contribution in [0.3, 0.4) is 0 Å². The van der Waals surface area contributed by atoms with E-state index in [1.807, 2.05) is 0 Å². The molecular formula is C12H17FN2. The van der Waals surface area contributed by atoms with E-state index < -0.39 is 0 Å². The first-order chi connectivity index (χ1) is 7.20. The van der Waals surface area contributed by atoms with Gasteiger partial charge in [0.2, 0.25) is 0 Å². The molecule has 0 aliphatic heterocycles. The second kappa shape index (κ2) is 4.27. The molecule has 3 heteroatoms. The predicted molar refractivity (Wildman–Crippen MR) is 57.9 cm³/mol. The molecule has 15 heavy (non-hydrogen) atoms. The van der Waals surface area contributed by atoms with Crippen molar-refractivity contribution in [2.24, 2.45) is 5.92 Å². The molecule has 1 N–H and O–H groups in total. The molecule has 2 rings (SSSR count). The zero-order valence-corrected chi connectivity index (χ0v) is 9.20. The van der Waals surface area contributed by atoms with Crippen LogP contribution >= 0.6 is 0 Å². The van der Waals surface area contributed by atoms with Gasteiger partial charge in [0.1, 0.15) is 5.82 Å². The van der Waals surface area contributed by atoms with E-state index in [9.17, 15) is 4.39 Å². The van der Waals surface area contributed by atoms with Crippen molar-refractivity contribution in [2.75, 3.05) is 0 Å². The maximum absolute atomic E-state index is 12.7. The Kier molecular flexibility index (Phi) is 3.00. The molecule has 0 spiro atoms. The van der Waals surface area contributed by atoms with Crippen molar-refractivity contribution in [3.8, 4) is 0 Å². The summed E-state index contributed by atoms with van der Waals surface area (Å²) in [7, 11) is 0. The van der Waals surface area contributed by atoms with Crippen molar-refractivity contribution in [3.63, 3.8) is 0 Å². The van der Waals surface area contributed by atoms with Gasteiger partial charge in [0, 0.05) is 12.1 Å². The molecule has 3 atom stereocenters. The third-order valence-electron chi connectivity index (χ3n) is 3.04. The van der Waals surface area contributed by atoms with Crippen molar-refractivity contribution in [1.29, 1.82) is 0 Å². The second-order valence-electron chi connectivity index (χ2n) is 4.35. The van der Waals surface area contributed by atoms with Gasteiger partial charge in [-0.25, -0.2) is 4.39 Å². The number of rotatable bonds is 4. The molecule has 0 bridgehead atoms. The molecule has 0 saturated heterocycles. The topological polar surface area (TPSA) is 24.9 Å². The molecule has 1 heterocycles. The van der Waals surface area contributed by atoms with E-state index >= 15 is 0 Å². The van der Waals surface area contributed by atoms with Crippen molar-refractivity contribution < 1.29 is 4.39 Å². The number of hydrogen-bond acceptors (Lipinski definition) is 2. The molecule has 0 aromatic carbocycles. The summed E-state index contributed by atoms with van der Waals surface area (Å²) >= 11 is 0. The van der Waals surface area contributed by atoms with Gasteiger partial charge in [0.05, 0.1) is 11.9 Å². The van der Waals surface area contributed by atoms with Gasteiger partial charge in [-0.15, -0.1) is 0 Å². The van der Waals surface area contributed by atoms with Gasteiger partial charge in [-0.05, 0) is 30.9 Å². The van der Waals surface area contributed by atoms with Crippen LogP contribution in [-0.2, 0) is 0 Å². The number of halogens is 1. The molecule has 3 unspecified atom stereocenters. The summed E-state index contributed by atoms with van der Waals surface area (Å²) in [6.45, 7) is 4.36. The average Bonchev–Trinajstić information content (AvgIpc) is 2.92. The fraction of sp³-hybridized carbons (Fsp3) is 0.583. The molecule has 1 aliphatic rings. The normalized spacial score (nSPS) is 26.3. The van der Waals surface area contributed by atoms with Gasteiger partial charge in [-0.2, -0.15) is 0 Å². The van der Waals surface area contributed by atoms with Crippen LogP contribution in [0.2, 0.25) is 0 Å². The highest BCUT2D eigenvalue weighted by Crippen LogP contribution is 2.32. The summed E-state index contributed by atoms with van der Waals surface area (Å²) in [5.41, 5.74) is 0.943. The Hall–Kier alpha value is -0.960. The number of hydrogen-bond donors (Lipinski definition) is 1. The second-order valence-corrected chi connectivity index (χ2v) is 4.35. The number of nitrogens with zero attached hydrogens (tertiary/aromatic N) is 1. The molecule has 1 aromatic rings. The number of pyridine rings is 1. The molecule has 2 nitrogen and oxygen atoms in total. The SMILES string of the molecule is CCC(NC1CC1C)c1ccc(F)cn1. The van der Waals surface area contributed by atoms with E-state index in [0.717, 1.165) is 18.0 Å². The molecule has 1 aromatic heterocycles. The van der Waals surface area contributed by atoms with Crippen molar-refractivity contribution in [1.82, 2.24) is 10.3 Å². The minimum absolute atomic E-state index is 0.264. The lowest BCUT2D eigenvalue weighted by Gasteiger charge is -2.16. The molecule has 1 fully saturated rings. The maximum Gasteiger partial charge on any atom is 0.141 e. The first-order valence-corrected chi connectivity index (χ1v) is 5.58. The highest BCUT2D eigenvalue weighted by atomic mass is 19.1. The first-order valence-electron chi connectivity index (χ1n) is 5.58. The lowest BCUT2D eigenvalue weighted by atomic mass is 10.1. The van der Waals surface area contributed by atoms with E-state index in [4.69, 9.17) is 0 Å². The summed E-state index contributed by atoms with van der Waals surface area (Å²) < 4.78 is 12.7. The highest BCUT2D eigenvalue weighted by Gasteiger charge is 2.34. The van der Waals surface area contributed by atoms with Crippen molar-refractivity contribution in [3.05, 3.63) is 29.8 Å². The molecular weight excluding hydrogens is 191 g/mol. The smallest absolute Gasteiger partial charge is 0.141 e. The fourth-order valence-corrected chi connectivity index (χ4v) is 1.82. The maximum atomic E-state index is 12.7. The van der Waals surface area contributed by atoms with Crippen LogP contribution in [0.15, 0.2) is 18.3 Å². The van der Waals surface area contributed by atoms with Gasteiger partial charge in [0.15, 0.2) is 0 Å². The Labute approximate surface area is 89.9 Å². The van der Waals surface area contributed by atoms with Gasteiger partial charge >= 0.3 is 0 Å². The Morgan fingerprint density at radius 2 is 2.33 bits per heavy atom. The highest BCUT2D eigenvalue weighted by molar-refractivity contribution is 5.11. The predicted octanol–water partition coefficient (Wildman–Crippen LogP) is 2.67. The largest absolute Gasteiger partial charge is 0.306 e. The number of aromatic nitrogens is 1.